The van der Waals surface area contributed by atoms with Gasteiger partial charge >= 0.3 is 0 Å². The summed E-state index contributed by atoms with van der Waals surface area (Å²) in [6, 6.07) is 10.3. The molecule has 0 radical (unpaired) electrons. The Morgan fingerprint density at radius 1 is 1.27 bits per heavy atom. The second-order valence-corrected chi connectivity index (χ2v) is 4.20. The molecule has 0 amide bonds. The fraction of sp³-hybridized carbons (Fsp3) is 0.538. The number of rotatable bonds is 7. The van der Waals surface area contributed by atoms with Crippen LogP contribution in [0.3, 0.4) is 0 Å². The van der Waals surface area contributed by atoms with Crippen molar-refractivity contribution in [1.82, 2.24) is 0 Å². The molecule has 0 heterocycles. The minimum absolute atomic E-state index is 0.599. The van der Waals surface area contributed by atoms with Gasteiger partial charge < -0.3 is 4.74 Å². The van der Waals surface area contributed by atoms with Crippen molar-refractivity contribution in [1.29, 1.82) is 0 Å². The van der Waals surface area contributed by atoms with E-state index in [4.69, 9.17) is 4.74 Å². The molecule has 0 aliphatic rings. The van der Waals surface area contributed by atoms with E-state index in [-0.39, 0.29) is 0 Å². The quantitative estimate of drug-likeness (QED) is 0.697. The smallest absolute Gasteiger partial charge is 0.0717 e. The van der Waals surface area contributed by atoms with E-state index in [2.05, 4.69) is 31.7 Å². The molecule has 0 fully saturated rings. The van der Waals surface area contributed by atoms with Crippen LogP contribution in [0.5, 0.6) is 0 Å². The zero-order valence-corrected chi connectivity index (χ0v) is 10.2. The van der Waals surface area contributed by atoms with Crippen LogP contribution in [-0.2, 0) is 11.3 Å². The maximum absolute atomic E-state index is 5.68. The Bertz CT molecular complexity index is 248. The minimum atomic E-state index is 0.599. The summed E-state index contributed by atoms with van der Waals surface area (Å²) in [4.78, 5) is 0. The van der Waals surface area contributed by atoms with E-state index in [0.717, 1.165) is 19.0 Å². The maximum atomic E-state index is 5.68. The second kappa shape index (κ2) is 7.77. The molecule has 0 aliphatic heterocycles. The Balaban J connectivity index is 2.20. The van der Waals surface area contributed by atoms with Crippen LogP contribution >= 0.6 is 12.6 Å². The molecular formula is C13H20OS. The van der Waals surface area contributed by atoms with Gasteiger partial charge in [0, 0.05) is 0 Å². The van der Waals surface area contributed by atoms with Crippen LogP contribution in [0.15, 0.2) is 30.3 Å². The van der Waals surface area contributed by atoms with Crippen molar-refractivity contribution in [3.8, 4) is 0 Å². The Morgan fingerprint density at radius 3 is 2.60 bits per heavy atom. The predicted octanol–water partition coefficient (Wildman–Crippen LogP) is 3.55. The first-order valence-corrected chi connectivity index (χ1v) is 6.22. The van der Waals surface area contributed by atoms with Crippen molar-refractivity contribution in [3.05, 3.63) is 35.9 Å². The molecule has 2 heteroatoms. The van der Waals surface area contributed by atoms with Gasteiger partial charge in [0.05, 0.1) is 13.2 Å². The van der Waals surface area contributed by atoms with E-state index in [1.807, 2.05) is 18.2 Å². The third-order valence-corrected chi connectivity index (χ3v) is 2.94. The van der Waals surface area contributed by atoms with Crippen LogP contribution in [0.1, 0.15) is 25.3 Å². The largest absolute Gasteiger partial charge is 0.376 e. The molecular weight excluding hydrogens is 204 g/mol. The zero-order valence-electron chi connectivity index (χ0n) is 9.36. The van der Waals surface area contributed by atoms with Gasteiger partial charge in [-0.15, -0.1) is 0 Å². The number of benzene rings is 1. The van der Waals surface area contributed by atoms with Crippen molar-refractivity contribution in [3.63, 3.8) is 0 Å². The molecule has 1 rings (SSSR count). The van der Waals surface area contributed by atoms with Gasteiger partial charge in [0.2, 0.25) is 0 Å². The fourth-order valence-electron chi connectivity index (χ4n) is 1.55. The third-order valence-electron chi connectivity index (χ3n) is 2.42. The van der Waals surface area contributed by atoms with Crippen molar-refractivity contribution in [2.45, 2.75) is 26.4 Å². The SMILES string of the molecule is CCCC(CS)COCc1ccccc1. The molecule has 0 spiro atoms. The lowest BCUT2D eigenvalue weighted by atomic mass is 10.1. The predicted molar refractivity (Wildman–Crippen MR) is 68.3 cm³/mol. The first-order chi connectivity index (χ1) is 7.36. The van der Waals surface area contributed by atoms with Gasteiger partial charge in [-0.05, 0) is 23.7 Å². The molecule has 1 unspecified atom stereocenters. The first-order valence-electron chi connectivity index (χ1n) is 5.59. The van der Waals surface area contributed by atoms with Gasteiger partial charge in [-0.1, -0.05) is 43.7 Å². The summed E-state index contributed by atoms with van der Waals surface area (Å²) >= 11 is 4.33. The second-order valence-electron chi connectivity index (χ2n) is 3.84. The van der Waals surface area contributed by atoms with Gasteiger partial charge in [-0.25, -0.2) is 0 Å². The van der Waals surface area contributed by atoms with E-state index < -0.39 is 0 Å². The van der Waals surface area contributed by atoms with Crippen LogP contribution in [0.2, 0.25) is 0 Å². The van der Waals surface area contributed by atoms with Gasteiger partial charge in [-0.2, -0.15) is 12.6 Å². The summed E-state index contributed by atoms with van der Waals surface area (Å²) in [7, 11) is 0. The Labute approximate surface area is 98.3 Å². The van der Waals surface area contributed by atoms with Crippen LogP contribution in [0, 0.1) is 5.92 Å². The molecule has 15 heavy (non-hydrogen) atoms. The maximum Gasteiger partial charge on any atom is 0.0717 e. The lowest BCUT2D eigenvalue weighted by molar-refractivity contribution is 0.0908. The Hall–Kier alpha value is -0.470. The highest BCUT2D eigenvalue weighted by molar-refractivity contribution is 7.80. The monoisotopic (exact) mass is 224 g/mol. The highest BCUT2D eigenvalue weighted by Gasteiger charge is 2.05. The Morgan fingerprint density at radius 2 is 2.00 bits per heavy atom. The molecule has 0 N–H and O–H groups in total. The van der Waals surface area contributed by atoms with Crippen LogP contribution in [0.4, 0.5) is 0 Å². The lowest BCUT2D eigenvalue weighted by Crippen LogP contribution is -2.11. The molecule has 84 valence electrons. The number of ether oxygens (including phenoxy) is 1. The van der Waals surface area contributed by atoms with Gasteiger partial charge in [0.15, 0.2) is 0 Å². The van der Waals surface area contributed by atoms with Gasteiger partial charge in [-0.3, -0.25) is 0 Å². The highest BCUT2D eigenvalue weighted by atomic mass is 32.1. The standard InChI is InChI=1S/C13H20OS/c1-2-6-13(11-15)10-14-9-12-7-4-3-5-8-12/h3-5,7-8,13,15H,2,6,9-11H2,1H3. The summed E-state index contributed by atoms with van der Waals surface area (Å²) < 4.78 is 5.68. The van der Waals surface area contributed by atoms with Gasteiger partial charge in [0.1, 0.15) is 0 Å². The highest BCUT2D eigenvalue weighted by Crippen LogP contribution is 2.10. The molecule has 1 aromatic rings. The number of thiol groups is 1. The lowest BCUT2D eigenvalue weighted by Gasteiger charge is -2.13. The molecule has 0 aromatic heterocycles. The van der Waals surface area contributed by atoms with Crippen molar-refractivity contribution in [2.24, 2.45) is 5.92 Å². The van der Waals surface area contributed by atoms with Crippen molar-refractivity contribution < 1.29 is 4.74 Å². The van der Waals surface area contributed by atoms with E-state index in [9.17, 15) is 0 Å². The fourth-order valence-corrected chi connectivity index (χ4v) is 1.84. The normalized spacial score (nSPS) is 12.7. The first kappa shape index (κ1) is 12.6. The average molecular weight is 224 g/mol. The van der Waals surface area contributed by atoms with Crippen LogP contribution in [0.25, 0.3) is 0 Å². The third kappa shape index (κ3) is 5.24. The van der Waals surface area contributed by atoms with Gasteiger partial charge in [0.25, 0.3) is 0 Å². The molecule has 1 aromatic carbocycles. The van der Waals surface area contributed by atoms with E-state index in [0.29, 0.717) is 5.92 Å². The van der Waals surface area contributed by atoms with Crippen molar-refractivity contribution in [2.75, 3.05) is 12.4 Å². The minimum Gasteiger partial charge on any atom is -0.376 e. The molecule has 0 saturated carbocycles. The van der Waals surface area contributed by atoms with E-state index in [1.165, 1.54) is 18.4 Å². The van der Waals surface area contributed by atoms with E-state index >= 15 is 0 Å². The van der Waals surface area contributed by atoms with Crippen molar-refractivity contribution >= 4 is 12.6 Å². The zero-order chi connectivity index (χ0) is 10.9. The summed E-state index contributed by atoms with van der Waals surface area (Å²) in [5, 5.41) is 0. The van der Waals surface area contributed by atoms with Crippen LogP contribution < -0.4 is 0 Å². The summed E-state index contributed by atoms with van der Waals surface area (Å²) in [6.45, 7) is 3.74. The summed E-state index contributed by atoms with van der Waals surface area (Å²) in [5.74, 6) is 1.52. The number of hydrogen-bond acceptors (Lipinski definition) is 2. The van der Waals surface area contributed by atoms with E-state index in [1.54, 1.807) is 0 Å². The molecule has 0 bridgehead atoms. The average Bonchev–Trinajstić information content (AvgIpc) is 2.29. The Kier molecular flexibility index (Phi) is 6.53. The molecule has 0 aliphatic carbocycles. The molecule has 1 nitrogen and oxygen atoms in total. The van der Waals surface area contributed by atoms with Crippen LogP contribution in [-0.4, -0.2) is 12.4 Å². The molecule has 0 saturated heterocycles. The summed E-state index contributed by atoms with van der Waals surface area (Å²) in [5.41, 5.74) is 1.24. The summed E-state index contributed by atoms with van der Waals surface area (Å²) in [6.07, 6.45) is 2.41. The topological polar surface area (TPSA) is 9.23 Å². The number of hydrogen-bond donors (Lipinski definition) is 1. The molecule has 1 atom stereocenters.